The lowest BCUT2D eigenvalue weighted by molar-refractivity contribution is 0.470. The maximum atomic E-state index is 9.83. The first-order chi connectivity index (χ1) is 20.6. The summed E-state index contributed by atoms with van der Waals surface area (Å²) in [6, 6.07) is 29.4. The van der Waals surface area contributed by atoms with Gasteiger partial charge in [0.15, 0.2) is 0 Å². The van der Waals surface area contributed by atoms with Crippen LogP contribution in [-0.2, 0) is 0 Å². The van der Waals surface area contributed by atoms with Crippen LogP contribution in [0.4, 0.5) is 22.7 Å². The number of benzene rings is 5. The molecule has 6 nitrogen and oxygen atoms in total. The van der Waals surface area contributed by atoms with E-state index in [-0.39, 0.29) is 17.4 Å². The molecule has 0 aliphatic carbocycles. The van der Waals surface area contributed by atoms with E-state index in [1.165, 1.54) is 16.7 Å². The van der Waals surface area contributed by atoms with Gasteiger partial charge in [-0.3, -0.25) is 0 Å². The van der Waals surface area contributed by atoms with Crippen molar-refractivity contribution in [3.05, 3.63) is 141 Å². The van der Waals surface area contributed by atoms with Crippen LogP contribution in [0.1, 0.15) is 56.0 Å². The fourth-order valence-corrected chi connectivity index (χ4v) is 5.30. The fourth-order valence-electron chi connectivity index (χ4n) is 5.30. The maximum absolute atomic E-state index is 9.83. The van der Waals surface area contributed by atoms with Gasteiger partial charge in [0.05, 0.1) is 22.7 Å². The highest BCUT2D eigenvalue weighted by molar-refractivity contribution is 5.61. The van der Waals surface area contributed by atoms with Crippen molar-refractivity contribution < 1.29 is 10.2 Å². The monoisotopic (exact) mass is 568 g/mol. The number of rotatable bonds is 7. The van der Waals surface area contributed by atoms with Crippen molar-refractivity contribution in [2.24, 2.45) is 20.5 Å². The first kappa shape index (κ1) is 29.4. The lowest BCUT2D eigenvalue weighted by Crippen LogP contribution is -2.09. The average Bonchev–Trinajstić information content (AvgIpc) is 3.00. The van der Waals surface area contributed by atoms with E-state index in [1.54, 1.807) is 24.3 Å². The van der Waals surface area contributed by atoms with Crippen LogP contribution in [0.25, 0.3) is 0 Å². The Morgan fingerprint density at radius 1 is 0.465 bits per heavy atom. The van der Waals surface area contributed by atoms with Crippen LogP contribution in [0, 0.1) is 41.5 Å². The number of aryl methyl sites for hydroxylation is 2. The molecule has 0 amide bonds. The molecule has 6 heteroatoms. The van der Waals surface area contributed by atoms with Gasteiger partial charge in [-0.1, -0.05) is 42.5 Å². The third kappa shape index (κ3) is 6.24. The summed E-state index contributed by atoms with van der Waals surface area (Å²) in [6.07, 6.45) is 0. The molecule has 0 aliphatic rings. The minimum absolute atomic E-state index is 0.00933. The van der Waals surface area contributed by atoms with Crippen LogP contribution in [0.5, 0.6) is 11.5 Å². The van der Waals surface area contributed by atoms with E-state index in [2.05, 4.69) is 84.6 Å². The van der Waals surface area contributed by atoms with Gasteiger partial charge in [-0.25, -0.2) is 0 Å². The number of phenols is 2. The molecule has 216 valence electrons. The largest absolute Gasteiger partial charge is 0.508 e. The smallest absolute Gasteiger partial charge is 0.118 e. The first-order valence-electron chi connectivity index (χ1n) is 14.3. The number of hydrogen-bond donors (Lipinski definition) is 2. The molecule has 5 aromatic carbocycles. The summed E-state index contributed by atoms with van der Waals surface area (Å²) in [5, 5.41) is 37.7. The third-order valence-electron chi connectivity index (χ3n) is 8.26. The molecule has 0 fully saturated rings. The number of phenolic OH excluding ortho intramolecular Hbond substituents is 2. The van der Waals surface area contributed by atoms with E-state index in [0.29, 0.717) is 11.4 Å². The van der Waals surface area contributed by atoms with Crippen LogP contribution in [0.3, 0.4) is 0 Å². The van der Waals surface area contributed by atoms with E-state index in [1.807, 2.05) is 44.2 Å². The van der Waals surface area contributed by atoms with Gasteiger partial charge in [-0.2, -0.15) is 20.5 Å². The molecule has 0 aromatic heterocycles. The second-order valence-electron chi connectivity index (χ2n) is 11.0. The minimum Gasteiger partial charge on any atom is -0.508 e. The molecule has 5 aromatic rings. The van der Waals surface area contributed by atoms with Gasteiger partial charge in [0, 0.05) is 5.92 Å². The van der Waals surface area contributed by atoms with Crippen molar-refractivity contribution in [3.63, 3.8) is 0 Å². The summed E-state index contributed by atoms with van der Waals surface area (Å²) in [4.78, 5) is 0. The maximum Gasteiger partial charge on any atom is 0.118 e. The molecule has 0 saturated carbocycles. The molecule has 0 heterocycles. The Morgan fingerprint density at radius 2 is 0.907 bits per heavy atom. The van der Waals surface area contributed by atoms with Crippen molar-refractivity contribution in [1.29, 1.82) is 0 Å². The quantitative estimate of drug-likeness (QED) is 0.151. The van der Waals surface area contributed by atoms with Crippen LogP contribution in [-0.4, -0.2) is 10.2 Å². The standard InChI is InChI=1S/C37H36N4O2/c1-22-20-29(12-18-35(22)42)38-40-33-16-14-31(24(3)26(33)5)37(28-10-8-7-9-11-28)32-15-17-34(27(6)25(32)4)41-39-30-13-19-36(43)23(2)21-30/h7-21,37,42-43H,1-6H3/b40-38+,41-39+. The lowest BCUT2D eigenvalue weighted by atomic mass is 9.79. The summed E-state index contributed by atoms with van der Waals surface area (Å²) in [7, 11) is 0. The van der Waals surface area contributed by atoms with E-state index in [4.69, 9.17) is 0 Å². The van der Waals surface area contributed by atoms with Gasteiger partial charge in [-0.15, -0.1) is 0 Å². The highest BCUT2D eigenvalue weighted by atomic mass is 16.3. The van der Waals surface area contributed by atoms with E-state index in [9.17, 15) is 10.2 Å². The molecule has 0 atom stereocenters. The normalized spacial score (nSPS) is 11.7. The van der Waals surface area contributed by atoms with Crippen LogP contribution < -0.4 is 0 Å². The molecule has 0 bridgehead atoms. The van der Waals surface area contributed by atoms with E-state index >= 15 is 0 Å². The Labute approximate surface area is 253 Å². The highest BCUT2D eigenvalue weighted by Crippen LogP contribution is 2.41. The fraction of sp³-hybridized carbons (Fsp3) is 0.189. The molecular weight excluding hydrogens is 532 g/mol. The molecule has 0 spiro atoms. The Morgan fingerprint density at radius 3 is 1.33 bits per heavy atom. The molecule has 43 heavy (non-hydrogen) atoms. The Kier molecular flexibility index (Phi) is 8.48. The molecule has 0 radical (unpaired) electrons. The predicted molar refractivity (Wildman–Crippen MR) is 173 cm³/mol. The molecule has 5 rings (SSSR count). The lowest BCUT2D eigenvalue weighted by Gasteiger charge is -2.25. The molecule has 0 saturated heterocycles. The second kappa shape index (κ2) is 12.4. The molecular formula is C37H36N4O2. The van der Waals surface area contributed by atoms with Gasteiger partial charge >= 0.3 is 0 Å². The van der Waals surface area contributed by atoms with Gasteiger partial charge in [0.1, 0.15) is 11.5 Å². The summed E-state index contributed by atoms with van der Waals surface area (Å²) in [6.45, 7) is 12.2. The van der Waals surface area contributed by atoms with E-state index < -0.39 is 0 Å². The Hall–Kier alpha value is -5.10. The number of aromatic hydroxyl groups is 2. The van der Waals surface area contributed by atoms with Crippen molar-refractivity contribution in [2.75, 3.05) is 0 Å². The van der Waals surface area contributed by atoms with E-state index in [0.717, 1.165) is 44.8 Å². The zero-order chi connectivity index (χ0) is 30.7. The van der Waals surface area contributed by atoms with Crippen molar-refractivity contribution in [2.45, 2.75) is 47.5 Å². The minimum atomic E-state index is 0.00933. The van der Waals surface area contributed by atoms with Gasteiger partial charge < -0.3 is 10.2 Å². The van der Waals surface area contributed by atoms with Crippen LogP contribution >= 0.6 is 0 Å². The zero-order valence-corrected chi connectivity index (χ0v) is 25.4. The Balaban J connectivity index is 1.53. The van der Waals surface area contributed by atoms with Gasteiger partial charge in [0.2, 0.25) is 0 Å². The third-order valence-corrected chi connectivity index (χ3v) is 8.26. The molecule has 0 unspecified atom stereocenters. The summed E-state index contributed by atoms with van der Waals surface area (Å²) in [5.74, 6) is 0.503. The van der Waals surface area contributed by atoms with Crippen molar-refractivity contribution >= 4 is 22.7 Å². The van der Waals surface area contributed by atoms with Gasteiger partial charge in [0.25, 0.3) is 0 Å². The average molecular weight is 569 g/mol. The second-order valence-corrected chi connectivity index (χ2v) is 11.0. The summed E-state index contributed by atoms with van der Waals surface area (Å²) >= 11 is 0. The molecule has 2 N–H and O–H groups in total. The topological polar surface area (TPSA) is 89.9 Å². The Bertz CT molecular complexity index is 1740. The number of azo groups is 2. The predicted octanol–water partition coefficient (Wildman–Crippen LogP) is 11.0. The van der Waals surface area contributed by atoms with Crippen molar-refractivity contribution in [1.82, 2.24) is 0 Å². The zero-order valence-electron chi connectivity index (χ0n) is 25.4. The first-order valence-corrected chi connectivity index (χ1v) is 14.3. The number of nitrogens with zero attached hydrogens (tertiary/aromatic N) is 4. The summed E-state index contributed by atoms with van der Waals surface area (Å²) in [5.41, 5.74) is 12.6. The number of hydrogen-bond acceptors (Lipinski definition) is 6. The van der Waals surface area contributed by atoms with Crippen molar-refractivity contribution in [3.8, 4) is 11.5 Å². The SMILES string of the molecule is Cc1cc(/N=N/c2ccc(C(c3ccccc3)c3ccc(/N=N/c4ccc(O)c(C)c4)c(C)c3C)c(C)c2C)ccc1O. The molecule has 0 aliphatic heterocycles. The van der Waals surface area contributed by atoms with Crippen LogP contribution in [0.2, 0.25) is 0 Å². The van der Waals surface area contributed by atoms with Crippen LogP contribution in [0.15, 0.2) is 111 Å². The highest BCUT2D eigenvalue weighted by Gasteiger charge is 2.23. The summed E-state index contributed by atoms with van der Waals surface area (Å²) < 4.78 is 0. The van der Waals surface area contributed by atoms with Gasteiger partial charge in [-0.05, 0) is 140 Å².